The minimum atomic E-state index is 0.669. The highest BCUT2D eigenvalue weighted by atomic mass is 32.1. The Kier molecular flexibility index (Phi) is 4.57. The number of rotatable bonds is 6. The largest absolute Gasteiger partial charge is 0.229 e. The van der Waals surface area contributed by atoms with Crippen LogP contribution in [0.1, 0.15) is 27.9 Å². The van der Waals surface area contributed by atoms with Gasteiger partial charge in [-0.05, 0) is 47.4 Å². The molecule has 0 spiro atoms. The molecule has 0 aliphatic rings. The Morgan fingerprint density at radius 2 is 1.96 bits per heavy atom. The summed E-state index contributed by atoms with van der Waals surface area (Å²) >= 11 is 1.73. The third-order valence-corrected chi connectivity index (χ3v) is 5.11. The van der Waals surface area contributed by atoms with E-state index in [1.807, 2.05) is 23.7 Å². The van der Waals surface area contributed by atoms with E-state index in [9.17, 15) is 0 Å². The number of para-hydroxylation sites is 1. The number of aryl methyl sites for hydroxylation is 4. The quantitative estimate of drug-likeness (QED) is 0.525. The Morgan fingerprint density at radius 1 is 1.08 bits per heavy atom. The fraction of sp³-hybridized carbons (Fsp3) is 0.278. The average molecular weight is 365 g/mol. The summed E-state index contributed by atoms with van der Waals surface area (Å²) < 4.78 is 3.74. The lowest BCUT2D eigenvalue weighted by molar-refractivity contribution is 0.558. The number of tetrazole rings is 1. The normalized spacial score (nSPS) is 11.2. The van der Waals surface area contributed by atoms with Crippen LogP contribution in [0.25, 0.3) is 5.69 Å². The maximum atomic E-state index is 4.81. The Balaban J connectivity index is 1.66. The standard InChI is InChI=1S/C18H19N7S/c1-13-6-3-4-8-16(13)25-18(9-10-24-14(2)20-22-23-24)19-17(21-25)12-15-7-5-11-26-15/h3-8,11H,9-10,12H2,1-2H3. The molecule has 1 aromatic carbocycles. The van der Waals surface area contributed by atoms with E-state index < -0.39 is 0 Å². The van der Waals surface area contributed by atoms with Crippen LogP contribution < -0.4 is 0 Å². The molecule has 7 nitrogen and oxygen atoms in total. The monoisotopic (exact) mass is 365 g/mol. The first-order valence-corrected chi connectivity index (χ1v) is 9.34. The van der Waals surface area contributed by atoms with Gasteiger partial charge >= 0.3 is 0 Å². The lowest BCUT2D eigenvalue weighted by atomic mass is 10.2. The number of hydrogen-bond acceptors (Lipinski definition) is 6. The second-order valence-corrected chi connectivity index (χ2v) is 7.13. The van der Waals surface area contributed by atoms with Crippen molar-refractivity contribution in [3.8, 4) is 5.69 Å². The van der Waals surface area contributed by atoms with E-state index in [2.05, 4.69) is 52.1 Å². The van der Waals surface area contributed by atoms with E-state index in [1.165, 1.54) is 10.4 Å². The van der Waals surface area contributed by atoms with Crippen molar-refractivity contribution in [1.82, 2.24) is 35.0 Å². The Labute approximate surface area is 155 Å². The van der Waals surface area contributed by atoms with Gasteiger partial charge in [0.05, 0.1) is 12.2 Å². The van der Waals surface area contributed by atoms with Crippen molar-refractivity contribution in [3.63, 3.8) is 0 Å². The zero-order chi connectivity index (χ0) is 17.9. The molecule has 0 aliphatic carbocycles. The molecule has 3 aromatic heterocycles. The average Bonchev–Trinajstić information content (AvgIpc) is 3.36. The molecule has 0 amide bonds. The first kappa shape index (κ1) is 16.6. The number of thiophene rings is 1. The van der Waals surface area contributed by atoms with Crippen molar-refractivity contribution < 1.29 is 0 Å². The molecular formula is C18H19N7S. The van der Waals surface area contributed by atoms with Gasteiger partial charge in [0.1, 0.15) is 11.6 Å². The van der Waals surface area contributed by atoms with Crippen LogP contribution in [0.5, 0.6) is 0 Å². The van der Waals surface area contributed by atoms with Crippen molar-refractivity contribution in [2.75, 3.05) is 0 Å². The van der Waals surface area contributed by atoms with Crippen LogP contribution >= 0.6 is 11.3 Å². The highest BCUT2D eigenvalue weighted by Crippen LogP contribution is 2.18. The molecule has 4 aromatic rings. The highest BCUT2D eigenvalue weighted by molar-refractivity contribution is 7.09. The molecule has 0 radical (unpaired) electrons. The maximum Gasteiger partial charge on any atom is 0.156 e. The number of nitrogens with zero attached hydrogens (tertiary/aromatic N) is 7. The molecule has 0 aliphatic heterocycles. The van der Waals surface area contributed by atoms with Crippen LogP contribution in [0.4, 0.5) is 0 Å². The molecule has 0 saturated carbocycles. The second kappa shape index (κ2) is 7.17. The molecule has 0 fully saturated rings. The Morgan fingerprint density at radius 3 is 2.69 bits per heavy atom. The van der Waals surface area contributed by atoms with Gasteiger partial charge in [0, 0.05) is 17.7 Å². The number of aromatic nitrogens is 7. The van der Waals surface area contributed by atoms with Crippen molar-refractivity contribution in [2.45, 2.75) is 33.2 Å². The topological polar surface area (TPSA) is 74.3 Å². The molecule has 0 unspecified atom stereocenters. The zero-order valence-corrected chi connectivity index (χ0v) is 15.5. The van der Waals surface area contributed by atoms with Crippen LogP contribution in [0.3, 0.4) is 0 Å². The fourth-order valence-corrected chi connectivity index (χ4v) is 3.55. The van der Waals surface area contributed by atoms with Gasteiger partial charge in [-0.2, -0.15) is 5.10 Å². The molecule has 3 heterocycles. The lowest BCUT2D eigenvalue weighted by Crippen LogP contribution is -2.11. The lowest BCUT2D eigenvalue weighted by Gasteiger charge is -2.08. The van der Waals surface area contributed by atoms with Gasteiger partial charge in [-0.25, -0.2) is 14.3 Å². The summed E-state index contributed by atoms with van der Waals surface area (Å²) in [7, 11) is 0. The summed E-state index contributed by atoms with van der Waals surface area (Å²) in [5.74, 6) is 2.55. The minimum absolute atomic E-state index is 0.669. The van der Waals surface area contributed by atoms with Crippen LogP contribution in [0, 0.1) is 13.8 Å². The predicted octanol–water partition coefficient (Wildman–Crippen LogP) is 2.77. The van der Waals surface area contributed by atoms with Crippen molar-refractivity contribution in [3.05, 3.63) is 69.7 Å². The Hall–Kier alpha value is -2.87. The van der Waals surface area contributed by atoms with Crippen LogP contribution in [0.2, 0.25) is 0 Å². The highest BCUT2D eigenvalue weighted by Gasteiger charge is 2.14. The molecule has 132 valence electrons. The van der Waals surface area contributed by atoms with Gasteiger partial charge in [-0.1, -0.05) is 24.3 Å². The van der Waals surface area contributed by atoms with Crippen molar-refractivity contribution >= 4 is 11.3 Å². The van der Waals surface area contributed by atoms with Gasteiger partial charge in [0.25, 0.3) is 0 Å². The minimum Gasteiger partial charge on any atom is -0.229 e. The summed E-state index contributed by atoms with van der Waals surface area (Å²) in [5, 5.41) is 18.5. The van der Waals surface area contributed by atoms with Gasteiger partial charge in [-0.15, -0.1) is 16.4 Å². The van der Waals surface area contributed by atoms with Gasteiger partial charge in [-0.3, -0.25) is 0 Å². The summed E-state index contributed by atoms with van der Waals surface area (Å²) in [6.07, 6.45) is 1.45. The second-order valence-electron chi connectivity index (χ2n) is 6.10. The smallest absolute Gasteiger partial charge is 0.156 e. The van der Waals surface area contributed by atoms with E-state index in [1.54, 1.807) is 16.0 Å². The fourth-order valence-electron chi connectivity index (χ4n) is 2.85. The van der Waals surface area contributed by atoms with E-state index in [0.29, 0.717) is 13.0 Å². The molecule has 0 N–H and O–H groups in total. The summed E-state index contributed by atoms with van der Waals surface area (Å²) in [6.45, 7) is 4.65. The summed E-state index contributed by atoms with van der Waals surface area (Å²) in [5.41, 5.74) is 2.22. The van der Waals surface area contributed by atoms with Gasteiger partial charge < -0.3 is 0 Å². The van der Waals surface area contributed by atoms with Gasteiger partial charge in [0.15, 0.2) is 5.82 Å². The molecule has 4 rings (SSSR count). The maximum absolute atomic E-state index is 4.81. The molecular weight excluding hydrogens is 346 g/mol. The third kappa shape index (κ3) is 3.41. The SMILES string of the molecule is Cc1ccccc1-n1nc(Cc2cccs2)nc1CCn1nnnc1C. The van der Waals surface area contributed by atoms with Crippen LogP contribution in [-0.2, 0) is 19.4 Å². The predicted molar refractivity (Wildman–Crippen MR) is 99.5 cm³/mol. The first-order valence-electron chi connectivity index (χ1n) is 8.46. The zero-order valence-electron chi connectivity index (χ0n) is 14.7. The van der Waals surface area contributed by atoms with E-state index in [0.717, 1.165) is 29.6 Å². The van der Waals surface area contributed by atoms with Crippen LogP contribution in [-0.4, -0.2) is 35.0 Å². The number of benzene rings is 1. The molecule has 0 bridgehead atoms. The van der Waals surface area contributed by atoms with Crippen LogP contribution in [0.15, 0.2) is 41.8 Å². The molecule has 0 atom stereocenters. The van der Waals surface area contributed by atoms with E-state index >= 15 is 0 Å². The molecule has 0 saturated heterocycles. The summed E-state index contributed by atoms with van der Waals surface area (Å²) in [4.78, 5) is 6.07. The van der Waals surface area contributed by atoms with E-state index in [4.69, 9.17) is 10.1 Å². The van der Waals surface area contributed by atoms with Gasteiger partial charge in [0.2, 0.25) is 0 Å². The first-order chi connectivity index (χ1) is 12.7. The van der Waals surface area contributed by atoms with Crippen molar-refractivity contribution in [1.29, 1.82) is 0 Å². The third-order valence-electron chi connectivity index (χ3n) is 4.23. The molecule has 8 heteroatoms. The van der Waals surface area contributed by atoms with Crippen molar-refractivity contribution in [2.24, 2.45) is 0 Å². The molecule has 26 heavy (non-hydrogen) atoms. The number of hydrogen-bond donors (Lipinski definition) is 0. The van der Waals surface area contributed by atoms with E-state index in [-0.39, 0.29) is 0 Å². The summed E-state index contributed by atoms with van der Waals surface area (Å²) in [6, 6.07) is 12.4. The Bertz CT molecular complexity index is 1000.